The fraction of sp³-hybridized carbons (Fsp3) is 0.579. The third kappa shape index (κ3) is 4.88. The molecule has 1 aromatic carbocycles. The van der Waals surface area contributed by atoms with E-state index >= 15 is 0 Å². The van der Waals surface area contributed by atoms with Crippen molar-refractivity contribution in [2.75, 3.05) is 6.54 Å². The maximum Gasteiger partial charge on any atom is 0.410 e. The Hall–Kier alpha value is -2.28. The number of amides is 2. The average Bonchev–Trinajstić information content (AvgIpc) is 2.60. The average molecular weight is 364 g/mol. The van der Waals surface area contributed by atoms with Crippen LogP contribution in [0.4, 0.5) is 9.59 Å². The van der Waals surface area contributed by atoms with Gasteiger partial charge in [0.15, 0.2) is 0 Å². The second kappa shape index (κ2) is 8.89. The third-order valence-electron chi connectivity index (χ3n) is 4.77. The summed E-state index contributed by atoms with van der Waals surface area (Å²) in [6.07, 6.45) is -1.15. The van der Waals surface area contributed by atoms with E-state index in [0.717, 1.165) is 5.56 Å². The van der Waals surface area contributed by atoms with Crippen LogP contribution in [-0.4, -0.2) is 63.0 Å². The van der Waals surface area contributed by atoms with Crippen molar-refractivity contribution >= 4 is 12.2 Å². The van der Waals surface area contributed by atoms with Crippen LogP contribution in [0.5, 0.6) is 0 Å². The van der Waals surface area contributed by atoms with Crippen molar-refractivity contribution in [2.24, 2.45) is 0 Å². The molecular weight excluding hydrogens is 336 g/mol. The number of carboxylic acid groups (broad SMARTS) is 1. The Morgan fingerprint density at radius 1 is 1.23 bits per heavy atom. The maximum atomic E-state index is 12.6. The van der Waals surface area contributed by atoms with E-state index in [9.17, 15) is 19.8 Å². The first-order chi connectivity index (χ1) is 12.3. The number of nitrogens with zero attached hydrogens (tertiary/aromatic N) is 2. The number of aliphatic hydroxyl groups excluding tert-OH is 1. The van der Waals surface area contributed by atoms with Gasteiger partial charge in [-0.25, -0.2) is 9.59 Å². The van der Waals surface area contributed by atoms with Gasteiger partial charge in [0.1, 0.15) is 6.61 Å². The van der Waals surface area contributed by atoms with E-state index in [1.54, 1.807) is 11.8 Å². The fourth-order valence-electron chi connectivity index (χ4n) is 3.50. The van der Waals surface area contributed by atoms with Crippen molar-refractivity contribution in [2.45, 2.75) is 64.4 Å². The number of aliphatic hydroxyl groups is 1. The second-order valence-electron chi connectivity index (χ2n) is 7.02. The van der Waals surface area contributed by atoms with Gasteiger partial charge in [0.2, 0.25) is 0 Å². The van der Waals surface area contributed by atoms with Gasteiger partial charge in [-0.2, -0.15) is 0 Å². The van der Waals surface area contributed by atoms with Crippen LogP contribution < -0.4 is 0 Å². The number of carbonyl (C=O) groups is 2. The molecule has 1 saturated heterocycles. The summed E-state index contributed by atoms with van der Waals surface area (Å²) in [5, 5.41) is 19.3. The van der Waals surface area contributed by atoms with Crippen LogP contribution in [0.25, 0.3) is 0 Å². The molecule has 2 rings (SSSR count). The number of hydrogen-bond acceptors (Lipinski definition) is 4. The molecule has 0 radical (unpaired) electrons. The summed E-state index contributed by atoms with van der Waals surface area (Å²) in [5.74, 6) is 0. The summed E-state index contributed by atoms with van der Waals surface area (Å²) in [7, 11) is 0. The molecule has 1 aliphatic rings. The van der Waals surface area contributed by atoms with Gasteiger partial charge in [0.05, 0.1) is 18.2 Å². The lowest BCUT2D eigenvalue weighted by Crippen LogP contribution is -2.58. The van der Waals surface area contributed by atoms with Crippen LogP contribution in [0.3, 0.4) is 0 Å². The van der Waals surface area contributed by atoms with E-state index in [-0.39, 0.29) is 25.2 Å². The lowest BCUT2D eigenvalue weighted by molar-refractivity contribution is -0.00228. The van der Waals surface area contributed by atoms with Gasteiger partial charge < -0.3 is 24.7 Å². The highest BCUT2D eigenvalue weighted by Gasteiger charge is 2.39. The smallest absolute Gasteiger partial charge is 0.410 e. The monoisotopic (exact) mass is 364 g/mol. The number of likely N-dealkylation sites (tertiary alicyclic amines) is 1. The topological polar surface area (TPSA) is 90.3 Å². The van der Waals surface area contributed by atoms with Crippen LogP contribution in [0.1, 0.15) is 39.2 Å². The molecule has 0 aromatic heterocycles. The Kier molecular flexibility index (Phi) is 6.85. The van der Waals surface area contributed by atoms with Gasteiger partial charge in [-0.15, -0.1) is 0 Å². The zero-order chi connectivity index (χ0) is 19.3. The molecule has 1 aliphatic heterocycles. The lowest BCUT2D eigenvalue weighted by atomic mass is 9.94. The van der Waals surface area contributed by atoms with Crippen molar-refractivity contribution in [3.05, 3.63) is 35.9 Å². The Bertz CT molecular complexity index is 605. The first kappa shape index (κ1) is 20.0. The molecule has 7 heteroatoms. The molecule has 2 amide bonds. The van der Waals surface area contributed by atoms with Crippen molar-refractivity contribution in [1.82, 2.24) is 9.80 Å². The number of carbonyl (C=O) groups excluding carboxylic acids is 1. The zero-order valence-electron chi connectivity index (χ0n) is 15.5. The molecule has 1 fully saturated rings. The minimum absolute atomic E-state index is 0.123. The maximum absolute atomic E-state index is 12.6. The molecule has 1 heterocycles. The molecule has 3 atom stereocenters. The first-order valence-electron chi connectivity index (χ1n) is 8.98. The van der Waals surface area contributed by atoms with E-state index < -0.39 is 24.3 Å². The minimum atomic E-state index is -1.08. The number of rotatable bonds is 5. The molecule has 2 N–H and O–H groups in total. The summed E-state index contributed by atoms with van der Waals surface area (Å²) in [6.45, 7) is 5.71. The highest BCUT2D eigenvalue weighted by atomic mass is 16.6. The Balaban J connectivity index is 2.06. The predicted molar refractivity (Wildman–Crippen MR) is 96.8 cm³/mol. The van der Waals surface area contributed by atoms with Gasteiger partial charge in [0, 0.05) is 12.6 Å². The van der Waals surface area contributed by atoms with Crippen LogP contribution in [0.15, 0.2) is 30.3 Å². The number of hydrogen-bond donors (Lipinski definition) is 2. The SMILES string of the molecule is CC(O)[C@H]1CCC(N(C(=O)OCc2ccccc2)C(C)C)CN1C(=O)O. The van der Waals surface area contributed by atoms with E-state index in [0.29, 0.717) is 12.8 Å². The summed E-state index contributed by atoms with van der Waals surface area (Å²) in [4.78, 5) is 27.0. The number of benzene rings is 1. The minimum Gasteiger partial charge on any atom is -0.465 e. The molecular formula is C19H28N2O5. The summed E-state index contributed by atoms with van der Waals surface area (Å²) in [6, 6.07) is 8.58. The highest BCUT2D eigenvalue weighted by Crippen LogP contribution is 2.25. The number of piperidine rings is 1. The van der Waals surface area contributed by atoms with E-state index in [1.165, 1.54) is 4.90 Å². The first-order valence-corrected chi connectivity index (χ1v) is 8.98. The molecule has 0 saturated carbocycles. The molecule has 2 unspecified atom stereocenters. The molecule has 0 bridgehead atoms. The molecule has 1 aromatic rings. The summed E-state index contributed by atoms with van der Waals surface area (Å²) >= 11 is 0. The Morgan fingerprint density at radius 2 is 1.88 bits per heavy atom. The largest absolute Gasteiger partial charge is 0.465 e. The quantitative estimate of drug-likeness (QED) is 0.838. The Morgan fingerprint density at radius 3 is 2.42 bits per heavy atom. The third-order valence-corrected chi connectivity index (χ3v) is 4.77. The standard InChI is InChI=1S/C19H28N2O5/c1-13(2)21(19(25)26-12-15-7-5-4-6-8-15)16-9-10-17(14(3)22)20(11-16)18(23)24/h4-8,13-14,16-17,22H,9-12H2,1-3H3,(H,23,24)/t14?,16?,17-/m1/s1. The molecule has 0 aliphatic carbocycles. The Labute approximate surface area is 154 Å². The van der Waals surface area contributed by atoms with Crippen LogP contribution >= 0.6 is 0 Å². The van der Waals surface area contributed by atoms with E-state index in [4.69, 9.17) is 4.74 Å². The van der Waals surface area contributed by atoms with E-state index in [2.05, 4.69) is 0 Å². The van der Waals surface area contributed by atoms with Crippen LogP contribution in [0, 0.1) is 0 Å². The molecule has 26 heavy (non-hydrogen) atoms. The normalized spacial score (nSPS) is 21.3. The van der Waals surface area contributed by atoms with Gasteiger partial charge >= 0.3 is 12.2 Å². The van der Waals surface area contributed by atoms with Gasteiger partial charge in [-0.3, -0.25) is 0 Å². The van der Waals surface area contributed by atoms with Crippen LogP contribution in [-0.2, 0) is 11.3 Å². The lowest BCUT2D eigenvalue weighted by Gasteiger charge is -2.44. The van der Waals surface area contributed by atoms with Crippen molar-refractivity contribution in [3.8, 4) is 0 Å². The summed E-state index contributed by atoms with van der Waals surface area (Å²) in [5.41, 5.74) is 0.898. The van der Waals surface area contributed by atoms with Crippen molar-refractivity contribution < 1.29 is 24.5 Å². The molecule has 7 nitrogen and oxygen atoms in total. The summed E-state index contributed by atoms with van der Waals surface area (Å²) < 4.78 is 5.45. The van der Waals surface area contributed by atoms with Gasteiger partial charge in [0.25, 0.3) is 0 Å². The predicted octanol–water partition coefficient (Wildman–Crippen LogP) is 2.93. The highest BCUT2D eigenvalue weighted by molar-refractivity contribution is 5.69. The molecule has 144 valence electrons. The van der Waals surface area contributed by atoms with Crippen molar-refractivity contribution in [3.63, 3.8) is 0 Å². The zero-order valence-corrected chi connectivity index (χ0v) is 15.5. The fourth-order valence-corrected chi connectivity index (χ4v) is 3.50. The van der Waals surface area contributed by atoms with E-state index in [1.807, 2.05) is 44.2 Å². The van der Waals surface area contributed by atoms with Crippen LogP contribution in [0.2, 0.25) is 0 Å². The van der Waals surface area contributed by atoms with Gasteiger partial charge in [-0.1, -0.05) is 30.3 Å². The molecule has 0 spiro atoms. The number of ether oxygens (including phenoxy) is 1. The van der Waals surface area contributed by atoms with Crippen molar-refractivity contribution in [1.29, 1.82) is 0 Å². The second-order valence-corrected chi connectivity index (χ2v) is 7.02. The van der Waals surface area contributed by atoms with Gasteiger partial charge in [-0.05, 0) is 39.2 Å².